The number of sulfone groups is 1. The summed E-state index contributed by atoms with van der Waals surface area (Å²) < 4.78 is 43.7. The molecule has 1 aromatic carbocycles. The fourth-order valence-corrected chi connectivity index (χ4v) is 6.95. The van der Waals surface area contributed by atoms with Crippen molar-refractivity contribution in [3.8, 4) is 5.75 Å². The summed E-state index contributed by atoms with van der Waals surface area (Å²) in [6, 6.07) is 14.4. The second-order valence-electron chi connectivity index (χ2n) is 9.70. The molecule has 3 aromatic heterocycles. The highest BCUT2D eigenvalue weighted by Gasteiger charge is 2.35. The van der Waals surface area contributed by atoms with Gasteiger partial charge in [-0.15, -0.1) is 11.3 Å². The molecule has 2 fully saturated rings. The maximum Gasteiger partial charge on any atom is 0.274 e. The highest BCUT2D eigenvalue weighted by Crippen LogP contribution is 2.38. The molecule has 202 valence electrons. The maximum absolute atomic E-state index is 13.5. The molecule has 6 rings (SSSR count). The second kappa shape index (κ2) is 10.4. The topological polar surface area (TPSA) is 106 Å². The minimum atomic E-state index is -2.93. The molecule has 0 spiro atoms. The first-order chi connectivity index (χ1) is 18.8. The zero-order valence-corrected chi connectivity index (χ0v) is 22.5. The van der Waals surface area contributed by atoms with Gasteiger partial charge in [-0.05, 0) is 66.9 Å². The zero-order valence-electron chi connectivity index (χ0n) is 20.9. The molecule has 0 radical (unpaired) electrons. The van der Waals surface area contributed by atoms with Crippen molar-refractivity contribution in [2.24, 2.45) is 0 Å². The Balaban J connectivity index is 1.10. The largest absolute Gasteiger partial charge is 0.488 e. The van der Waals surface area contributed by atoms with Crippen LogP contribution in [0, 0.1) is 5.95 Å². The van der Waals surface area contributed by atoms with E-state index < -0.39 is 15.8 Å². The Morgan fingerprint density at radius 1 is 1.18 bits per heavy atom. The first-order valence-electron chi connectivity index (χ1n) is 12.6. The van der Waals surface area contributed by atoms with Crippen LogP contribution in [0.15, 0.2) is 66.3 Å². The minimum absolute atomic E-state index is 0.0716. The number of aromatic nitrogens is 3. The van der Waals surface area contributed by atoms with Crippen molar-refractivity contribution in [1.29, 1.82) is 0 Å². The lowest BCUT2D eigenvalue weighted by Crippen LogP contribution is -2.45. The van der Waals surface area contributed by atoms with Gasteiger partial charge in [0.25, 0.3) is 5.91 Å². The van der Waals surface area contributed by atoms with Crippen LogP contribution in [0.4, 0.5) is 15.2 Å². The van der Waals surface area contributed by atoms with Crippen LogP contribution in [-0.4, -0.2) is 53.0 Å². The number of benzene rings is 1. The van der Waals surface area contributed by atoms with E-state index in [0.717, 1.165) is 30.8 Å². The average molecular weight is 568 g/mol. The number of anilines is 2. The fraction of sp³-hybridized carbons (Fsp3) is 0.296. The van der Waals surface area contributed by atoms with E-state index in [1.807, 2.05) is 29.6 Å². The molecule has 2 saturated heterocycles. The van der Waals surface area contributed by atoms with Gasteiger partial charge in [-0.2, -0.15) is 4.39 Å². The van der Waals surface area contributed by atoms with Gasteiger partial charge in [-0.25, -0.2) is 18.4 Å². The third kappa shape index (κ3) is 5.66. The van der Waals surface area contributed by atoms with Crippen LogP contribution in [0.1, 0.15) is 40.6 Å². The highest BCUT2D eigenvalue weighted by molar-refractivity contribution is 7.92. The summed E-state index contributed by atoms with van der Waals surface area (Å²) in [5.74, 6) is -0.0392. The number of carbonyl (C=O) groups is 1. The van der Waals surface area contributed by atoms with Gasteiger partial charge in [0.05, 0.1) is 23.2 Å². The molecule has 1 amide bonds. The molecule has 0 saturated carbocycles. The Bertz CT molecular complexity index is 1590. The number of pyridine rings is 1. The molecule has 5 heterocycles. The lowest BCUT2D eigenvalue weighted by Gasteiger charge is -2.28. The Labute approximate surface area is 229 Å². The molecule has 0 unspecified atom stereocenters. The number of amides is 1. The number of thiazole rings is 1. The molecule has 9 nitrogen and oxygen atoms in total. The van der Waals surface area contributed by atoms with Crippen LogP contribution in [0.5, 0.6) is 5.75 Å². The van der Waals surface area contributed by atoms with Gasteiger partial charge in [0.15, 0.2) is 15.0 Å². The van der Waals surface area contributed by atoms with Gasteiger partial charge < -0.3 is 14.2 Å². The second-order valence-corrected chi connectivity index (χ2v) is 12.7. The van der Waals surface area contributed by atoms with Crippen molar-refractivity contribution in [2.45, 2.75) is 31.5 Å². The van der Waals surface area contributed by atoms with Crippen molar-refractivity contribution < 1.29 is 22.3 Å². The third-order valence-electron chi connectivity index (χ3n) is 6.89. The number of nitrogens with one attached hydrogen (secondary N) is 1. The smallest absolute Gasteiger partial charge is 0.274 e. The molecule has 0 aliphatic carbocycles. The van der Waals surface area contributed by atoms with E-state index in [-0.39, 0.29) is 29.6 Å². The summed E-state index contributed by atoms with van der Waals surface area (Å²) in [6.07, 6.45) is 4.88. The number of nitrogens with zero attached hydrogens (tertiary/aromatic N) is 4. The Kier molecular flexibility index (Phi) is 6.81. The summed E-state index contributed by atoms with van der Waals surface area (Å²) in [5, 5.41) is 5.40. The molecular weight excluding hydrogens is 541 g/mol. The van der Waals surface area contributed by atoms with Crippen LogP contribution >= 0.6 is 11.3 Å². The fourth-order valence-electron chi connectivity index (χ4n) is 5.03. The van der Waals surface area contributed by atoms with E-state index in [1.165, 1.54) is 23.6 Å². The van der Waals surface area contributed by atoms with Crippen LogP contribution in [0.2, 0.25) is 0 Å². The first-order valence-corrected chi connectivity index (χ1v) is 15.3. The molecule has 1 atom stereocenters. The predicted octanol–water partition coefficient (Wildman–Crippen LogP) is 4.30. The molecule has 39 heavy (non-hydrogen) atoms. The maximum atomic E-state index is 13.5. The van der Waals surface area contributed by atoms with E-state index in [1.54, 1.807) is 29.0 Å². The monoisotopic (exact) mass is 567 g/mol. The van der Waals surface area contributed by atoms with E-state index in [9.17, 15) is 17.6 Å². The number of ether oxygens (including phenoxy) is 1. The van der Waals surface area contributed by atoms with Gasteiger partial charge in [0, 0.05) is 36.6 Å². The number of rotatable bonds is 8. The van der Waals surface area contributed by atoms with Gasteiger partial charge in [0.1, 0.15) is 17.5 Å². The van der Waals surface area contributed by atoms with Crippen molar-refractivity contribution in [2.75, 3.05) is 28.3 Å². The van der Waals surface area contributed by atoms with Crippen LogP contribution in [0.3, 0.4) is 0 Å². The number of carbonyl (C=O) groups excluding carboxylic acids is 1. The van der Waals surface area contributed by atoms with Crippen molar-refractivity contribution in [3.05, 3.63) is 89.2 Å². The van der Waals surface area contributed by atoms with Crippen LogP contribution < -0.4 is 15.0 Å². The van der Waals surface area contributed by atoms with Gasteiger partial charge in [0.2, 0.25) is 5.95 Å². The molecule has 2 aliphatic rings. The Hall–Kier alpha value is -3.77. The standard InChI is InChI=1S/C27H26FN5O4S2/c28-25-13-18(9-10-29-25)14-32-11-1-4-24(32)26(34)31-27-30-22(15-38-27)23-3-2-12-33(23)19-5-7-20(8-6-19)37-21-16-39(35,36)17-21/h1,4-11,13,15,21,23H,2-3,12,14,16-17H2,(H,30,31,34)/t23-/m1/s1. The SMILES string of the molecule is O=C(Nc1nc([C@H]2CCCN2c2ccc(OC3CS(=O)(=O)C3)cc2)cs1)c1cccn1Cc1ccnc(F)c1. The molecule has 4 aromatic rings. The number of hydrogen-bond acceptors (Lipinski definition) is 8. The van der Waals surface area contributed by atoms with Crippen molar-refractivity contribution in [1.82, 2.24) is 14.5 Å². The van der Waals surface area contributed by atoms with Crippen LogP contribution in [-0.2, 0) is 16.4 Å². The Morgan fingerprint density at radius 2 is 2.00 bits per heavy atom. The molecule has 2 aliphatic heterocycles. The van der Waals surface area contributed by atoms with E-state index in [4.69, 9.17) is 9.72 Å². The molecule has 1 N–H and O–H groups in total. The van der Waals surface area contributed by atoms with Gasteiger partial charge in [-0.3, -0.25) is 10.1 Å². The summed E-state index contributed by atoms with van der Waals surface area (Å²) in [4.78, 5) is 23.6. The summed E-state index contributed by atoms with van der Waals surface area (Å²) in [6.45, 7) is 1.23. The summed E-state index contributed by atoms with van der Waals surface area (Å²) in [5.41, 5.74) is 3.10. The summed E-state index contributed by atoms with van der Waals surface area (Å²) in [7, 11) is -2.93. The van der Waals surface area contributed by atoms with Crippen molar-refractivity contribution in [3.63, 3.8) is 0 Å². The van der Waals surface area contributed by atoms with Crippen LogP contribution in [0.25, 0.3) is 0 Å². The third-order valence-corrected chi connectivity index (χ3v) is 9.43. The molecular formula is C27H26FN5O4S2. The lowest BCUT2D eigenvalue weighted by atomic mass is 10.1. The number of halogens is 1. The van der Waals surface area contributed by atoms with Crippen molar-refractivity contribution >= 4 is 37.9 Å². The summed E-state index contributed by atoms with van der Waals surface area (Å²) >= 11 is 1.38. The molecule has 0 bridgehead atoms. The van der Waals surface area contributed by atoms with Gasteiger partial charge in [-0.1, -0.05) is 0 Å². The normalized spacial score (nSPS) is 18.6. The van der Waals surface area contributed by atoms with Gasteiger partial charge >= 0.3 is 0 Å². The van der Waals surface area contributed by atoms with E-state index >= 15 is 0 Å². The Morgan fingerprint density at radius 3 is 2.77 bits per heavy atom. The highest BCUT2D eigenvalue weighted by atomic mass is 32.2. The number of hydrogen-bond donors (Lipinski definition) is 1. The molecule has 12 heteroatoms. The predicted molar refractivity (Wildman–Crippen MR) is 147 cm³/mol. The average Bonchev–Trinajstić information content (AvgIpc) is 3.64. The van der Waals surface area contributed by atoms with E-state index in [2.05, 4.69) is 15.2 Å². The zero-order chi connectivity index (χ0) is 27.0. The van der Waals surface area contributed by atoms with E-state index in [0.29, 0.717) is 28.7 Å². The first kappa shape index (κ1) is 25.5. The lowest BCUT2D eigenvalue weighted by molar-refractivity contribution is 0.101. The minimum Gasteiger partial charge on any atom is -0.488 e. The quantitative estimate of drug-likeness (QED) is 0.317.